The molecule has 6 rings (SSSR count). The van der Waals surface area contributed by atoms with Crippen molar-refractivity contribution in [2.24, 2.45) is 0 Å². The third kappa shape index (κ3) is 4.08. The molecule has 3 aromatic rings. The van der Waals surface area contributed by atoms with Crippen molar-refractivity contribution in [3.8, 4) is 17.2 Å². The summed E-state index contributed by atoms with van der Waals surface area (Å²) in [6, 6.07) is 27.1. The summed E-state index contributed by atoms with van der Waals surface area (Å²) in [6.45, 7) is 0. The molecule has 1 saturated heterocycles. The number of nitrogens with one attached hydrogen (secondary N) is 2. The lowest BCUT2D eigenvalue weighted by molar-refractivity contribution is -0.122. The fourth-order valence-electron chi connectivity index (χ4n) is 4.00. The van der Waals surface area contributed by atoms with Crippen LogP contribution < -0.4 is 16.1 Å². The molecule has 3 N–H and O–H groups in total. The molecule has 0 unspecified atom stereocenters. The highest BCUT2D eigenvalue weighted by molar-refractivity contribution is 6.09. The minimum Gasteiger partial charge on any atom is -0.508 e. The largest absolute Gasteiger partial charge is 0.508 e. The van der Waals surface area contributed by atoms with Crippen molar-refractivity contribution in [1.29, 1.82) is 0 Å². The molecule has 3 amide bonds. The summed E-state index contributed by atoms with van der Waals surface area (Å²) in [4.78, 5) is 39.4. The van der Waals surface area contributed by atoms with E-state index in [0.29, 0.717) is 22.6 Å². The SMILES string of the molecule is O=C1NC(=O)C(c2ccccc2)(c2ccccc2)N1.O=c1ccc2nc3ccc(O)cc3oc-2c1. The lowest BCUT2D eigenvalue weighted by atomic mass is 9.83. The van der Waals surface area contributed by atoms with Gasteiger partial charge in [0.25, 0.3) is 5.91 Å². The first-order valence-corrected chi connectivity index (χ1v) is 10.7. The summed E-state index contributed by atoms with van der Waals surface area (Å²) in [7, 11) is 0. The van der Waals surface area contributed by atoms with Gasteiger partial charge in [0.05, 0.1) is 0 Å². The molecule has 1 fully saturated rings. The molecule has 35 heavy (non-hydrogen) atoms. The van der Waals surface area contributed by atoms with Crippen LogP contribution in [0.1, 0.15) is 11.1 Å². The topological polar surface area (TPSA) is 122 Å². The number of hydrogen-bond donors (Lipinski definition) is 3. The number of nitrogens with zero attached hydrogens (tertiary/aromatic N) is 1. The van der Waals surface area contributed by atoms with Crippen LogP contribution in [0.5, 0.6) is 5.75 Å². The first kappa shape index (κ1) is 21.8. The average molecular weight is 465 g/mol. The molecule has 2 heterocycles. The van der Waals surface area contributed by atoms with Crippen molar-refractivity contribution >= 4 is 23.0 Å². The van der Waals surface area contributed by atoms with E-state index in [0.717, 1.165) is 11.1 Å². The van der Waals surface area contributed by atoms with Gasteiger partial charge in [-0.2, -0.15) is 0 Å². The summed E-state index contributed by atoms with van der Waals surface area (Å²) in [5.74, 6) is 0.177. The summed E-state index contributed by atoms with van der Waals surface area (Å²) in [5.41, 5.74) is 1.94. The quantitative estimate of drug-likeness (QED) is 0.270. The van der Waals surface area contributed by atoms with Crippen LogP contribution in [0.25, 0.3) is 22.6 Å². The number of urea groups is 1. The molecule has 3 aliphatic rings. The highest BCUT2D eigenvalue weighted by atomic mass is 16.3. The second-order valence-electron chi connectivity index (χ2n) is 7.89. The third-order valence-electron chi connectivity index (χ3n) is 5.62. The minimum atomic E-state index is -1.14. The Morgan fingerprint density at radius 3 is 2.03 bits per heavy atom. The Kier molecular flexibility index (Phi) is 5.46. The number of fused-ring (bicyclic) bond motifs is 2. The monoisotopic (exact) mass is 465 g/mol. The van der Waals surface area contributed by atoms with Gasteiger partial charge >= 0.3 is 6.03 Å². The zero-order valence-corrected chi connectivity index (χ0v) is 18.3. The maximum Gasteiger partial charge on any atom is 0.322 e. The van der Waals surface area contributed by atoms with E-state index < -0.39 is 11.6 Å². The maximum absolute atomic E-state index is 12.3. The van der Waals surface area contributed by atoms with Crippen LogP contribution in [0.4, 0.5) is 4.79 Å². The third-order valence-corrected chi connectivity index (χ3v) is 5.62. The Morgan fingerprint density at radius 1 is 0.771 bits per heavy atom. The molecular weight excluding hydrogens is 446 g/mol. The number of aromatic nitrogens is 1. The van der Waals surface area contributed by atoms with Gasteiger partial charge < -0.3 is 14.8 Å². The van der Waals surface area contributed by atoms with Gasteiger partial charge in [0.15, 0.2) is 22.3 Å². The minimum absolute atomic E-state index is 0.107. The zero-order chi connectivity index (χ0) is 24.4. The molecule has 8 nitrogen and oxygen atoms in total. The zero-order valence-electron chi connectivity index (χ0n) is 18.3. The van der Waals surface area contributed by atoms with E-state index in [2.05, 4.69) is 15.6 Å². The second kappa shape index (κ2) is 8.75. The van der Waals surface area contributed by atoms with Crippen molar-refractivity contribution < 1.29 is 19.1 Å². The first-order chi connectivity index (χ1) is 17.0. The van der Waals surface area contributed by atoms with Crippen LogP contribution in [-0.2, 0) is 10.3 Å². The maximum atomic E-state index is 12.3. The van der Waals surface area contributed by atoms with E-state index in [-0.39, 0.29) is 17.1 Å². The van der Waals surface area contributed by atoms with Gasteiger partial charge in [0.2, 0.25) is 0 Å². The fourth-order valence-corrected chi connectivity index (χ4v) is 4.00. The second-order valence-corrected chi connectivity index (χ2v) is 7.89. The fraction of sp³-hybridized carbons (Fsp3) is 0.0370. The number of aromatic hydroxyl groups is 1. The van der Waals surface area contributed by atoms with Crippen molar-refractivity contribution in [3.05, 3.63) is 118 Å². The van der Waals surface area contributed by atoms with Gasteiger partial charge in [0.1, 0.15) is 17.0 Å². The van der Waals surface area contributed by atoms with E-state index >= 15 is 0 Å². The molecule has 1 aliphatic carbocycles. The van der Waals surface area contributed by atoms with Crippen molar-refractivity contribution in [2.75, 3.05) is 0 Å². The van der Waals surface area contributed by atoms with E-state index in [1.165, 1.54) is 18.2 Å². The molecule has 172 valence electrons. The number of benzene rings is 4. The Labute approximate surface area is 199 Å². The van der Waals surface area contributed by atoms with E-state index in [1.54, 1.807) is 18.2 Å². The van der Waals surface area contributed by atoms with Crippen LogP contribution in [-0.4, -0.2) is 22.0 Å². The van der Waals surface area contributed by atoms with Gasteiger partial charge in [-0.25, -0.2) is 9.78 Å². The standard InChI is InChI=1S/C15H12N2O2.C12H7NO3/c18-13-15(17-14(19)16-13,11-7-3-1-4-8-11)12-9-5-2-6-10-12;14-7-1-3-9-11(5-7)16-12-6-8(15)2-4-10(12)13-9/h1-10H,(H2,16,17,18,19);1-6,14H. The number of carbonyl (C=O) groups is 2. The Morgan fingerprint density at radius 2 is 1.43 bits per heavy atom. The molecule has 0 aromatic heterocycles. The van der Waals surface area contributed by atoms with Crippen molar-refractivity contribution in [3.63, 3.8) is 0 Å². The predicted molar refractivity (Wildman–Crippen MR) is 129 cm³/mol. The lowest BCUT2D eigenvalue weighted by Crippen LogP contribution is -2.44. The van der Waals surface area contributed by atoms with Crippen LogP contribution in [0, 0.1) is 0 Å². The van der Waals surface area contributed by atoms with Crippen molar-refractivity contribution in [1.82, 2.24) is 15.6 Å². The smallest absolute Gasteiger partial charge is 0.322 e. The highest BCUT2D eigenvalue weighted by Crippen LogP contribution is 2.32. The number of carbonyl (C=O) groups excluding carboxylic acids is 2. The number of imide groups is 1. The summed E-state index contributed by atoms with van der Waals surface area (Å²) in [5, 5.41) is 14.4. The molecule has 2 aliphatic heterocycles. The number of rotatable bonds is 2. The average Bonchev–Trinajstić information content (AvgIpc) is 3.18. The predicted octanol–water partition coefficient (Wildman–Crippen LogP) is 3.77. The molecule has 0 bridgehead atoms. The Balaban J connectivity index is 0.000000147. The molecule has 0 atom stereocenters. The van der Waals surface area contributed by atoms with Gasteiger partial charge in [-0.1, -0.05) is 60.7 Å². The molecule has 0 radical (unpaired) electrons. The summed E-state index contributed by atoms with van der Waals surface area (Å²) >= 11 is 0. The Hall–Kier alpha value is -4.98. The molecule has 8 heteroatoms. The van der Waals surface area contributed by atoms with Crippen molar-refractivity contribution in [2.45, 2.75) is 5.54 Å². The van der Waals surface area contributed by atoms with Gasteiger partial charge in [-0.05, 0) is 35.4 Å². The molecule has 3 aromatic carbocycles. The van der Waals surface area contributed by atoms with E-state index in [4.69, 9.17) is 4.42 Å². The van der Waals surface area contributed by atoms with Gasteiger partial charge in [-0.15, -0.1) is 0 Å². The number of phenolic OH excluding ortho intramolecular Hbond substituents is 1. The molecule has 0 saturated carbocycles. The van der Waals surface area contributed by atoms with Crippen LogP contribution in [0.2, 0.25) is 0 Å². The number of hydrogen-bond acceptors (Lipinski definition) is 6. The molecule has 0 spiro atoms. The molecular formula is C27H19N3O5. The number of amides is 3. The highest BCUT2D eigenvalue weighted by Gasteiger charge is 2.48. The van der Waals surface area contributed by atoms with E-state index in [1.807, 2.05) is 60.7 Å². The number of phenols is 1. The van der Waals surface area contributed by atoms with Crippen LogP contribution >= 0.6 is 0 Å². The Bertz CT molecular complexity index is 1530. The first-order valence-electron chi connectivity index (χ1n) is 10.7. The van der Waals surface area contributed by atoms with Gasteiger partial charge in [0, 0.05) is 12.1 Å². The summed E-state index contributed by atoms with van der Waals surface area (Å²) < 4.78 is 5.49. The normalized spacial score (nSPS) is 14.2. The van der Waals surface area contributed by atoms with Crippen LogP contribution in [0.3, 0.4) is 0 Å². The van der Waals surface area contributed by atoms with Crippen LogP contribution in [0.15, 0.2) is 106 Å². The summed E-state index contributed by atoms with van der Waals surface area (Å²) in [6.07, 6.45) is 0. The van der Waals surface area contributed by atoms with Gasteiger partial charge in [-0.3, -0.25) is 14.9 Å². The van der Waals surface area contributed by atoms with E-state index in [9.17, 15) is 19.5 Å². The lowest BCUT2D eigenvalue weighted by Gasteiger charge is -2.27.